The van der Waals surface area contributed by atoms with Gasteiger partial charge in [0, 0.05) is 37.9 Å². The van der Waals surface area contributed by atoms with Gasteiger partial charge < -0.3 is 14.4 Å². The van der Waals surface area contributed by atoms with E-state index in [0.717, 1.165) is 45.6 Å². The molecule has 0 saturated heterocycles. The number of aromatic nitrogens is 3. The number of benzene rings is 2. The normalized spacial score (nSPS) is 13.5. The van der Waals surface area contributed by atoms with Crippen molar-refractivity contribution in [3.63, 3.8) is 0 Å². The van der Waals surface area contributed by atoms with E-state index in [4.69, 9.17) is 4.42 Å². The fourth-order valence-electron chi connectivity index (χ4n) is 5.57. The van der Waals surface area contributed by atoms with E-state index < -0.39 is 14.0 Å². The third-order valence-corrected chi connectivity index (χ3v) is 9.98. The second kappa shape index (κ2) is 13.4. The van der Waals surface area contributed by atoms with Gasteiger partial charge in [-0.2, -0.15) is 9.37 Å². The maximum atomic E-state index is 13.3. The largest absolute Gasteiger partial charge is 0.486 e. The first-order valence-corrected chi connectivity index (χ1v) is 18.1. The van der Waals surface area contributed by atoms with E-state index in [2.05, 4.69) is 71.0 Å². The molecule has 1 aliphatic rings. The fraction of sp³-hybridized carbons (Fsp3) is 0.250. The van der Waals surface area contributed by atoms with E-state index in [9.17, 15) is 4.39 Å². The Labute approximate surface area is 267 Å². The molecule has 4 heterocycles. The minimum absolute atomic E-state index is 0. The molecule has 0 bridgehead atoms. The first kappa shape index (κ1) is 30.9. The maximum Gasteiger partial charge on any atom is 0.218 e. The predicted molar refractivity (Wildman–Crippen MR) is 171 cm³/mol. The van der Waals surface area contributed by atoms with Crippen LogP contribution in [0.5, 0.6) is 0 Å². The van der Waals surface area contributed by atoms with Gasteiger partial charge in [-0.3, -0.25) is 0 Å². The monoisotopic (exact) mass is 764 g/mol. The van der Waals surface area contributed by atoms with Crippen molar-refractivity contribution in [3.05, 3.63) is 109 Å². The van der Waals surface area contributed by atoms with Crippen LogP contribution >= 0.6 is 0 Å². The first-order valence-electron chi connectivity index (χ1n) is 14.6. The standard InChI is InChI=1S/C22H18FN2O.C14H16NSi.Ir/c23-21-8-6-17-18-13-16(5-7-20(18)26-22(17)25-21)19-12-15(9-10-24-19)11-14-3-1-2-4-14;1-16(2,3)13-9-10-14(15-11-13)12-7-5-4-6-8-12;/h6-10,12-14H,1-4,11H2;4-7,9-11H,1-3H3;/q2*-1;. The molecule has 0 aliphatic heterocycles. The molecule has 1 saturated carbocycles. The average molecular weight is 764 g/mol. The maximum absolute atomic E-state index is 13.3. The third-order valence-electron chi connectivity index (χ3n) is 7.95. The third kappa shape index (κ3) is 7.35. The Morgan fingerprint density at radius 3 is 2.44 bits per heavy atom. The fourth-order valence-corrected chi connectivity index (χ4v) is 6.61. The molecule has 7 heteroatoms. The Morgan fingerprint density at radius 1 is 0.884 bits per heavy atom. The number of halogens is 1. The van der Waals surface area contributed by atoms with E-state index >= 15 is 0 Å². The van der Waals surface area contributed by atoms with Crippen LogP contribution in [0, 0.1) is 24.0 Å². The zero-order chi connectivity index (χ0) is 29.1. The Morgan fingerprint density at radius 2 is 1.72 bits per heavy atom. The van der Waals surface area contributed by atoms with Crippen molar-refractivity contribution in [3.8, 4) is 22.5 Å². The SMILES string of the molecule is C[Si](C)(C)c1ccc(-c2[c-]cccc2)nc1.Fc1ccc2c(n1)oc1c[c-]c(-c3cc(CC4CCCC4)ccn3)cc12.[Ir]. The van der Waals surface area contributed by atoms with Crippen molar-refractivity contribution in [1.29, 1.82) is 0 Å². The van der Waals surface area contributed by atoms with Gasteiger partial charge in [0.15, 0.2) is 0 Å². The van der Waals surface area contributed by atoms with Crippen LogP contribution in [0.1, 0.15) is 31.2 Å². The van der Waals surface area contributed by atoms with Crippen molar-refractivity contribution in [2.24, 2.45) is 5.92 Å². The van der Waals surface area contributed by atoms with Crippen LogP contribution in [0.15, 0.2) is 89.6 Å². The molecule has 0 unspecified atom stereocenters. The van der Waals surface area contributed by atoms with Crippen LogP contribution in [0.25, 0.3) is 44.6 Å². The second-order valence-electron chi connectivity index (χ2n) is 12.1. The minimum Gasteiger partial charge on any atom is -0.486 e. The van der Waals surface area contributed by atoms with E-state index in [-0.39, 0.29) is 20.1 Å². The molecular weight excluding hydrogens is 730 g/mol. The quantitative estimate of drug-likeness (QED) is 0.100. The molecule has 0 N–H and O–H groups in total. The Balaban J connectivity index is 0.000000188. The van der Waals surface area contributed by atoms with Crippen molar-refractivity contribution < 1.29 is 28.9 Å². The number of nitrogens with zero attached hydrogens (tertiary/aromatic N) is 3. The smallest absolute Gasteiger partial charge is 0.218 e. The van der Waals surface area contributed by atoms with Crippen LogP contribution in [0.2, 0.25) is 19.6 Å². The number of pyridine rings is 3. The molecule has 4 aromatic heterocycles. The molecule has 1 radical (unpaired) electrons. The van der Waals surface area contributed by atoms with Gasteiger partial charge in [-0.25, -0.2) is 0 Å². The van der Waals surface area contributed by atoms with Gasteiger partial charge in [-0.15, -0.1) is 59.7 Å². The summed E-state index contributed by atoms with van der Waals surface area (Å²) in [7, 11) is -1.23. The molecule has 2 aromatic carbocycles. The Hall–Kier alpha value is -3.51. The van der Waals surface area contributed by atoms with Crippen molar-refractivity contribution in [1.82, 2.24) is 15.0 Å². The Kier molecular flexibility index (Phi) is 9.65. The average Bonchev–Trinajstić information content (AvgIpc) is 3.64. The summed E-state index contributed by atoms with van der Waals surface area (Å²) in [4.78, 5) is 12.9. The van der Waals surface area contributed by atoms with Gasteiger partial charge in [0.05, 0.1) is 13.7 Å². The molecule has 7 rings (SSSR count). The van der Waals surface area contributed by atoms with Crippen molar-refractivity contribution in [2.45, 2.75) is 51.7 Å². The number of hydrogen-bond donors (Lipinski definition) is 0. The number of furan rings is 1. The van der Waals surface area contributed by atoms with Crippen LogP contribution in [0.4, 0.5) is 4.39 Å². The second-order valence-corrected chi connectivity index (χ2v) is 17.2. The molecule has 221 valence electrons. The summed E-state index contributed by atoms with van der Waals surface area (Å²) in [6, 6.07) is 29.8. The molecule has 4 nitrogen and oxygen atoms in total. The summed E-state index contributed by atoms with van der Waals surface area (Å²) in [5.74, 6) is 0.262. The molecule has 0 atom stereocenters. The zero-order valence-corrected chi connectivity index (χ0v) is 28.1. The summed E-state index contributed by atoms with van der Waals surface area (Å²) in [5, 5.41) is 3.11. The summed E-state index contributed by atoms with van der Waals surface area (Å²) in [6.45, 7) is 7.00. The zero-order valence-electron chi connectivity index (χ0n) is 24.7. The van der Waals surface area contributed by atoms with E-state index in [0.29, 0.717) is 11.3 Å². The van der Waals surface area contributed by atoms with Crippen molar-refractivity contribution >= 4 is 35.3 Å². The number of rotatable bonds is 5. The summed E-state index contributed by atoms with van der Waals surface area (Å²) in [6.07, 6.45) is 10.4. The van der Waals surface area contributed by atoms with Gasteiger partial charge in [-0.05, 0) is 47.1 Å². The molecule has 6 aromatic rings. The minimum atomic E-state index is -1.23. The van der Waals surface area contributed by atoms with Crippen molar-refractivity contribution in [2.75, 3.05) is 0 Å². The molecular formula is C36H34FIrN3OSi-2. The van der Waals surface area contributed by atoms with Gasteiger partial charge in [0.1, 0.15) is 0 Å². The van der Waals surface area contributed by atoms with Gasteiger partial charge >= 0.3 is 0 Å². The van der Waals surface area contributed by atoms with E-state index in [1.54, 1.807) is 12.1 Å². The van der Waals surface area contributed by atoms with Gasteiger partial charge in [0.25, 0.3) is 0 Å². The molecule has 43 heavy (non-hydrogen) atoms. The number of fused-ring (bicyclic) bond motifs is 3. The molecule has 0 spiro atoms. The molecule has 1 fully saturated rings. The van der Waals surface area contributed by atoms with Gasteiger partial charge in [0.2, 0.25) is 11.7 Å². The summed E-state index contributed by atoms with van der Waals surface area (Å²) in [5.41, 5.74) is 6.19. The first-order chi connectivity index (χ1) is 20.3. The predicted octanol–water partition coefficient (Wildman–Crippen LogP) is 8.81. The van der Waals surface area contributed by atoms with E-state index in [1.165, 1.54) is 42.5 Å². The van der Waals surface area contributed by atoms with Crippen LogP contribution < -0.4 is 5.19 Å². The van der Waals surface area contributed by atoms with Crippen LogP contribution in [-0.4, -0.2) is 23.0 Å². The number of hydrogen-bond acceptors (Lipinski definition) is 4. The van der Waals surface area contributed by atoms with Gasteiger partial charge in [-0.1, -0.05) is 74.5 Å². The van der Waals surface area contributed by atoms with E-state index in [1.807, 2.05) is 42.7 Å². The molecule has 0 amide bonds. The summed E-state index contributed by atoms with van der Waals surface area (Å²) >= 11 is 0. The van der Waals surface area contributed by atoms with Crippen LogP contribution in [0.3, 0.4) is 0 Å². The summed E-state index contributed by atoms with van der Waals surface area (Å²) < 4.78 is 19.0. The van der Waals surface area contributed by atoms with Crippen LogP contribution in [-0.2, 0) is 26.5 Å². The Bertz CT molecular complexity index is 1810. The topological polar surface area (TPSA) is 51.8 Å². The molecule has 1 aliphatic carbocycles.